The van der Waals surface area contributed by atoms with Crippen molar-refractivity contribution in [2.45, 2.75) is 33.7 Å². The van der Waals surface area contributed by atoms with Crippen LogP contribution < -0.4 is 14.2 Å². The average molecular weight is 495 g/mol. The first-order chi connectivity index (χ1) is 17.0. The number of fused-ring (bicyclic) bond motifs is 1. The summed E-state index contributed by atoms with van der Waals surface area (Å²) in [5, 5.41) is 2.79. The molecule has 184 valence electrons. The molecular formula is C27H30N2O5S. The number of nitrogens with zero attached hydrogens (tertiary/aromatic N) is 2. The van der Waals surface area contributed by atoms with Crippen LogP contribution in [0.2, 0.25) is 0 Å². The molecule has 0 N–H and O–H groups in total. The van der Waals surface area contributed by atoms with Gasteiger partial charge >= 0.3 is 5.97 Å². The zero-order valence-electron chi connectivity index (χ0n) is 20.4. The summed E-state index contributed by atoms with van der Waals surface area (Å²) in [5.41, 5.74) is 3.14. The summed E-state index contributed by atoms with van der Waals surface area (Å²) in [6, 6.07) is 13.3. The highest BCUT2D eigenvalue weighted by Crippen LogP contribution is 2.43. The molecule has 2 aliphatic rings. The van der Waals surface area contributed by atoms with Crippen molar-refractivity contribution in [2.24, 2.45) is 4.99 Å². The van der Waals surface area contributed by atoms with Gasteiger partial charge in [0.15, 0.2) is 16.7 Å². The fraction of sp³-hybridized carbons (Fsp3) is 0.333. The van der Waals surface area contributed by atoms with Crippen LogP contribution in [0.1, 0.15) is 37.9 Å². The number of hydrogen-bond acceptors (Lipinski definition) is 8. The molecule has 0 radical (unpaired) electrons. The van der Waals surface area contributed by atoms with Gasteiger partial charge in [0, 0.05) is 6.20 Å². The van der Waals surface area contributed by atoms with Crippen LogP contribution in [-0.2, 0) is 9.53 Å². The Kier molecular flexibility index (Phi) is 8.02. The molecule has 0 saturated carbocycles. The van der Waals surface area contributed by atoms with E-state index in [1.807, 2.05) is 79.7 Å². The average Bonchev–Trinajstić information content (AvgIpc) is 3.31. The Balaban J connectivity index is 1.56. The number of para-hydroxylation sites is 1. The first kappa shape index (κ1) is 24.7. The minimum absolute atomic E-state index is 0.297. The van der Waals surface area contributed by atoms with Crippen molar-refractivity contribution in [3.05, 3.63) is 76.5 Å². The number of aryl methyl sites for hydroxylation is 1. The van der Waals surface area contributed by atoms with E-state index < -0.39 is 0 Å². The van der Waals surface area contributed by atoms with E-state index in [1.54, 1.807) is 6.92 Å². The van der Waals surface area contributed by atoms with E-state index in [0.717, 1.165) is 22.0 Å². The van der Waals surface area contributed by atoms with Crippen molar-refractivity contribution in [1.29, 1.82) is 0 Å². The van der Waals surface area contributed by atoms with Gasteiger partial charge in [-0.15, -0.1) is 0 Å². The van der Waals surface area contributed by atoms with Gasteiger partial charge in [-0.1, -0.05) is 36.0 Å². The number of aliphatic imine (C=N–C) groups is 1. The fourth-order valence-corrected chi connectivity index (χ4v) is 4.79. The predicted octanol–water partition coefficient (Wildman–Crippen LogP) is 5.62. The molecule has 0 spiro atoms. The van der Waals surface area contributed by atoms with Gasteiger partial charge in [-0.3, -0.25) is 0 Å². The molecule has 7 nitrogen and oxygen atoms in total. The molecule has 8 heteroatoms. The van der Waals surface area contributed by atoms with Gasteiger partial charge in [0.1, 0.15) is 19.0 Å². The molecule has 0 saturated heterocycles. The maximum atomic E-state index is 12.9. The minimum Gasteiger partial charge on any atom is -0.490 e. The number of ether oxygens (including phenoxy) is 4. The first-order valence-corrected chi connectivity index (χ1v) is 12.6. The van der Waals surface area contributed by atoms with Crippen molar-refractivity contribution in [2.75, 3.05) is 26.4 Å². The van der Waals surface area contributed by atoms with Crippen molar-refractivity contribution < 1.29 is 23.7 Å². The van der Waals surface area contributed by atoms with Crippen LogP contribution in [0.5, 0.6) is 17.2 Å². The lowest BCUT2D eigenvalue weighted by molar-refractivity contribution is -0.139. The van der Waals surface area contributed by atoms with E-state index in [-0.39, 0.29) is 12.0 Å². The number of esters is 1. The summed E-state index contributed by atoms with van der Waals surface area (Å²) >= 11 is 1.53. The largest absolute Gasteiger partial charge is 0.490 e. The Morgan fingerprint density at radius 1 is 0.971 bits per heavy atom. The highest BCUT2D eigenvalue weighted by Gasteiger charge is 2.37. The molecule has 4 rings (SSSR count). The summed E-state index contributed by atoms with van der Waals surface area (Å²) in [6.45, 7) is 9.14. The Labute approximate surface area is 210 Å². The van der Waals surface area contributed by atoms with Crippen molar-refractivity contribution in [3.8, 4) is 17.2 Å². The molecule has 2 aromatic rings. The number of allylic oxidation sites excluding steroid dienone is 1. The van der Waals surface area contributed by atoms with Crippen molar-refractivity contribution in [3.63, 3.8) is 0 Å². The Bertz CT molecular complexity index is 1170. The molecule has 0 amide bonds. The lowest BCUT2D eigenvalue weighted by Crippen LogP contribution is -2.34. The number of amidine groups is 1. The minimum atomic E-state index is -0.370. The molecule has 0 bridgehead atoms. The number of benzene rings is 2. The second-order valence-corrected chi connectivity index (χ2v) is 8.80. The van der Waals surface area contributed by atoms with Gasteiger partial charge in [0.05, 0.1) is 30.5 Å². The van der Waals surface area contributed by atoms with Crippen LogP contribution in [-0.4, -0.2) is 42.5 Å². The third-order valence-corrected chi connectivity index (χ3v) is 6.36. The molecule has 35 heavy (non-hydrogen) atoms. The van der Waals surface area contributed by atoms with Crippen LogP contribution in [0.15, 0.2) is 70.3 Å². The summed E-state index contributed by atoms with van der Waals surface area (Å²) < 4.78 is 23.1. The predicted molar refractivity (Wildman–Crippen MR) is 138 cm³/mol. The molecule has 2 aliphatic heterocycles. The maximum Gasteiger partial charge on any atom is 0.338 e. The number of carbonyl (C=O) groups is 1. The Morgan fingerprint density at radius 3 is 2.49 bits per heavy atom. The first-order valence-electron chi connectivity index (χ1n) is 11.7. The molecule has 0 fully saturated rings. The fourth-order valence-electron chi connectivity index (χ4n) is 4.00. The van der Waals surface area contributed by atoms with E-state index in [9.17, 15) is 4.79 Å². The number of thioether (sulfide) groups is 1. The summed E-state index contributed by atoms with van der Waals surface area (Å²) in [7, 11) is 0. The van der Waals surface area contributed by atoms with Gasteiger partial charge in [-0.05, 0) is 62.4 Å². The zero-order valence-corrected chi connectivity index (χ0v) is 21.3. The topological polar surface area (TPSA) is 69.6 Å². The van der Waals surface area contributed by atoms with Crippen LogP contribution in [0.4, 0.5) is 0 Å². The molecule has 0 aliphatic carbocycles. The maximum absolute atomic E-state index is 12.9. The molecule has 2 heterocycles. The van der Waals surface area contributed by atoms with Crippen molar-refractivity contribution in [1.82, 2.24) is 4.90 Å². The number of rotatable bonds is 10. The number of carbonyl (C=O) groups excluding carboxylic acids is 1. The Morgan fingerprint density at radius 2 is 1.74 bits per heavy atom. The third kappa shape index (κ3) is 5.48. The monoisotopic (exact) mass is 494 g/mol. The smallest absolute Gasteiger partial charge is 0.338 e. The quantitative estimate of drug-likeness (QED) is 0.314. The Hall–Kier alpha value is -3.39. The molecular weight excluding hydrogens is 464 g/mol. The van der Waals surface area contributed by atoms with Gasteiger partial charge in [0.25, 0.3) is 0 Å². The molecule has 2 aromatic carbocycles. The van der Waals surface area contributed by atoms with E-state index in [4.69, 9.17) is 18.9 Å². The van der Waals surface area contributed by atoms with Gasteiger partial charge in [0.2, 0.25) is 0 Å². The van der Waals surface area contributed by atoms with Gasteiger partial charge in [-0.2, -0.15) is 0 Å². The van der Waals surface area contributed by atoms with E-state index in [1.165, 1.54) is 11.8 Å². The van der Waals surface area contributed by atoms with Gasteiger partial charge in [-0.25, -0.2) is 9.79 Å². The summed E-state index contributed by atoms with van der Waals surface area (Å²) in [4.78, 5) is 19.5. The second kappa shape index (κ2) is 11.4. The third-order valence-electron chi connectivity index (χ3n) is 5.59. The molecule has 0 unspecified atom stereocenters. The summed E-state index contributed by atoms with van der Waals surface area (Å²) in [5.74, 6) is 1.71. The van der Waals surface area contributed by atoms with Crippen molar-refractivity contribution >= 4 is 22.9 Å². The van der Waals surface area contributed by atoms with Crippen LogP contribution in [0.3, 0.4) is 0 Å². The highest BCUT2D eigenvalue weighted by atomic mass is 32.2. The normalized spacial score (nSPS) is 16.6. The highest BCUT2D eigenvalue weighted by molar-refractivity contribution is 8.16. The van der Waals surface area contributed by atoms with E-state index in [0.29, 0.717) is 49.2 Å². The van der Waals surface area contributed by atoms with Gasteiger partial charge < -0.3 is 23.8 Å². The molecule has 0 aromatic heterocycles. The SMILES string of the molecule is CCOC(=O)C1=C(C)N=C2SC=CN2[C@@H]1c1ccc(OCCOc2ccccc2C)c(OCC)c1. The second-order valence-electron chi connectivity index (χ2n) is 7.93. The van der Waals surface area contributed by atoms with Crippen LogP contribution in [0.25, 0.3) is 0 Å². The van der Waals surface area contributed by atoms with Crippen LogP contribution in [0, 0.1) is 6.92 Å². The van der Waals surface area contributed by atoms with Crippen LogP contribution >= 0.6 is 11.8 Å². The standard InChI is InChI=1S/C27H30N2O5S/c1-5-31-23-17-20(11-12-22(23)34-15-14-33-21-10-8-7-9-18(21)3)25-24(26(30)32-6-2)19(4)28-27-29(25)13-16-35-27/h7-13,16-17,25H,5-6,14-15H2,1-4H3/t25-/m1/s1. The molecule has 1 atom stereocenters. The zero-order chi connectivity index (χ0) is 24.8. The lowest BCUT2D eigenvalue weighted by Gasteiger charge is -2.33. The van der Waals surface area contributed by atoms with E-state index >= 15 is 0 Å². The summed E-state index contributed by atoms with van der Waals surface area (Å²) in [6.07, 6.45) is 1.94. The van der Waals surface area contributed by atoms with E-state index in [2.05, 4.69) is 4.99 Å². The lowest BCUT2D eigenvalue weighted by atomic mass is 9.94. The number of hydrogen-bond donors (Lipinski definition) is 0.